The van der Waals surface area contributed by atoms with Crippen molar-refractivity contribution in [1.29, 1.82) is 0 Å². The topological polar surface area (TPSA) is 49.4 Å². The van der Waals surface area contributed by atoms with Crippen molar-refractivity contribution < 1.29 is 8.42 Å². The summed E-state index contributed by atoms with van der Waals surface area (Å²) in [7, 11) is -2.88. The van der Waals surface area contributed by atoms with Crippen molar-refractivity contribution in [2.75, 3.05) is 31.6 Å². The number of piperidine rings is 1. The third-order valence-electron chi connectivity index (χ3n) is 3.89. The van der Waals surface area contributed by atoms with Gasteiger partial charge in [-0.1, -0.05) is 6.92 Å². The minimum atomic E-state index is -2.88. The van der Waals surface area contributed by atoms with Gasteiger partial charge in [0, 0.05) is 18.3 Å². The second kappa shape index (κ2) is 6.87. The molecule has 0 amide bonds. The fraction of sp³-hybridized carbons (Fsp3) is 1.00. The molecule has 108 valence electrons. The van der Waals surface area contributed by atoms with Gasteiger partial charge in [0.2, 0.25) is 0 Å². The van der Waals surface area contributed by atoms with Gasteiger partial charge < -0.3 is 10.2 Å². The van der Waals surface area contributed by atoms with Gasteiger partial charge in [-0.15, -0.1) is 0 Å². The van der Waals surface area contributed by atoms with E-state index in [4.69, 9.17) is 0 Å². The molecule has 1 aliphatic heterocycles. The zero-order valence-corrected chi connectivity index (χ0v) is 13.0. The lowest BCUT2D eigenvalue weighted by atomic mass is 9.90. The van der Waals surface area contributed by atoms with Crippen molar-refractivity contribution in [3.05, 3.63) is 0 Å². The van der Waals surface area contributed by atoms with Crippen LogP contribution < -0.4 is 5.32 Å². The first-order valence-corrected chi connectivity index (χ1v) is 9.04. The molecule has 0 radical (unpaired) electrons. The molecular weight excluding hydrogens is 248 g/mol. The van der Waals surface area contributed by atoms with Crippen LogP contribution in [0.2, 0.25) is 0 Å². The van der Waals surface area contributed by atoms with Crippen molar-refractivity contribution in [2.45, 2.75) is 45.7 Å². The summed E-state index contributed by atoms with van der Waals surface area (Å²) >= 11 is 0. The standard InChI is InChI=1S/C13H28N2O2S/c1-5-15-8-6-13(7-9-15)12(3)14-11(2)10-18(4,16)17/h11-14H,5-10H2,1-4H3. The molecule has 0 spiro atoms. The molecule has 2 atom stereocenters. The van der Waals surface area contributed by atoms with Crippen molar-refractivity contribution in [3.8, 4) is 0 Å². The Morgan fingerprint density at radius 1 is 1.28 bits per heavy atom. The van der Waals surface area contributed by atoms with E-state index in [1.54, 1.807) is 0 Å². The average molecular weight is 276 g/mol. The van der Waals surface area contributed by atoms with Gasteiger partial charge in [0.05, 0.1) is 5.75 Å². The predicted molar refractivity (Wildman–Crippen MR) is 76.6 cm³/mol. The number of hydrogen-bond acceptors (Lipinski definition) is 4. The Hall–Kier alpha value is -0.130. The maximum atomic E-state index is 11.2. The number of nitrogens with one attached hydrogen (secondary N) is 1. The molecule has 2 unspecified atom stereocenters. The molecule has 1 heterocycles. The number of rotatable bonds is 6. The first-order valence-electron chi connectivity index (χ1n) is 6.98. The monoisotopic (exact) mass is 276 g/mol. The molecule has 0 aliphatic carbocycles. The SMILES string of the molecule is CCN1CCC(C(C)NC(C)CS(C)(=O)=O)CC1. The molecule has 0 bridgehead atoms. The van der Waals surface area contributed by atoms with E-state index >= 15 is 0 Å². The molecular formula is C13H28N2O2S. The molecule has 0 aromatic heterocycles. The Kier molecular flexibility index (Phi) is 6.08. The zero-order chi connectivity index (χ0) is 13.8. The number of nitrogens with zero attached hydrogens (tertiary/aromatic N) is 1. The minimum absolute atomic E-state index is 0.0409. The van der Waals surface area contributed by atoms with Crippen molar-refractivity contribution in [3.63, 3.8) is 0 Å². The van der Waals surface area contributed by atoms with Gasteiger partial charge in [-0.2, -0.15) is 0 Å². The van der Waals surface area contributed by atoms with Crippen LogP contribution in [0.3, 0.4) is 0 Å². The van der Waals surface area contributed by atoms with Gasteiger partial charge >= 0.3 is 0 Å². The Morgan fingerprint density at radius 3 is 2.28 bits per heavy atom. The third-order valence-corrected chi connectivity index (χ3v) is 4.99. The number of sulfone groups is 1. The van der Waals surface area contributed by atoms with Crippen LogP contribution in [0.1, 0.15) is 33.6 Å². The van der Waals surface area contributed by atoms with Crippen LogP contribution in [0.4, 0.5) is 0 Å². The average Bonchev–Trinajstić information content (AvgIpc) is 2.26. The highest BCUT2D eigenvalue weighted by Crippen LogP contribution is 2.20. The molecule has 1 rings (SSSR count). The first-order chi connectivity index (χ1) is 8.31. The van der Waals surface area contributed by atoms with E-state index < -0.39 is 9.84 Å². The predicted octanol–water partition coefficient (Wildman–Crippen LogP) is 1.13. The lowest BCUT2D eigenvalue weighted by molar-refractivity contribution is 0.166. The van der Waals surface area contributed by atoms with E-state index in [1.807, 2.05) is 6.92 Å². The molecule has 1 N–H and O–H groups in total. The molecule has 0 saturated carbocycles. The highest BCUT2D eigenvalue weighted by molar-refractivity contribution is 7.90. The fourth-order valence-electron chi connectivity index (χ4n) is 2.86. The maximum Gasteiger partial charge on any atom is 0.148 e. The summed E-state index contributed by atoms with van der Waals surface area (Å²) in [5.74, 6) is 0.903. The van der Waals surface area contributed by atoms with E-state index in [2.05, 4.69) is 24.1 Å². The van der Waals surface area contributed by atoms with Crippen LogP contribution in [0, 0.1) is 5.92 Å². The van der Waals surface area contributed by atoms with Crippen LogP contribution in [-0.4, -0.2) is 57.0 Å². The number of likely N-dealkylation sites (tertiary alicyclic amines) is 1. The van der Waals surface area contributed by atoms with Gasteiger partial charge in [-0.3, -0.25) is 0 Å². The van der Waals surface area contributed by atoms with E-state index in [1.165, 1.54) is 32.2 Å². The van der Waals surface area contributed by atoms with E-state index in [-0.39, 0.29) is 11.8 Å². The van der Waals surface area contributed by atoms with Crippen molar-refractivity contribution in [2.24, 2.45) is 5.92 Å². The molecule has 1 fully saturated rings. The Balaban J connectivity index is 2.35. The van der Waals surface area contributed by atoms with Crippen molar-refractivity contribution >= 4 is 9.84 Å². The summed E-state index contributed by atoms with van der Waals surface area (Å²) < 4.78 is 22.5. The van der Waals surface area contributed by atoms with Gasteiger partial charge in [0.25, 0.3) is 0 Å². The summed E-state index contributed by atoms with van der Waals surface area (Å²) in [6.07, 6.45) is 3.73. The van der Waals surface area contributed by atoms with Crippen molar-refractivity contribution in [1.82, 2.24) is 10.2 Å². The van der Waals surface area contributed by atoms with Crippen LogP contribution in [0.15, 0.2) is 0 Å². The summed E-state index contributed by atoms with van der Waals surface area (Å²) in [4.78, 5) is 2.48. The summed E-state index contributed by atoms with van der Waals surface area (Å²) in [6.45, 7) is 9.83. The normalized spacial score (nSPS) is 22.9. The zero-order valence-electron chi connectivity index (χ0n) is 12.1. The molecule has 4 nitrogen and oxygen atoms in total. The quantitative estimate of drug-likeness (QED) is 0.790. The van der Waals surface area contributed by atoms with Crippen LogP contribution >= 0.6 is 0 Å². The second-order valence-corrected chi connectivity index (χ2v) is 7.91. The first kappa shape index (κ1) is 15.9. The van der Waals surface area contributed by atoms with Gasteiger partial charge in [0.15, 0.2) is 0 Å². The van der Waals surface area contributed by atoms with Crippen LogP contribution in [-0.2, 0) is 9.84 Å². The molecule has 1 saturated heterocycles. The van der Waals surface area contributed by atoms with E-state index in [0.717, 1.165) is 6.54 Å². The fourth-order valence-corrected chi connectivity index (χ4v) is 3.86. The molecule has 5 heteroatoms. The van der Waals surface area contributed by atoms with E-state index in [9.17, 15) is 8.42 Å². The Labute approximate surface area is 112 Å². The van der Waals surface area contributed by atoms with Gasteiger partial charge in [-0.25, -0.2) is 8.42 Å². The maximum absolute atomic E-state index is 11.2. The third kappa shape index (κ3) is 5.67. The van der Waals surface area contributed by atoms with Crippen LogP contribution in [0.5, 0.6) is 0 Å². The molecule has 0 aromatic carbocycles. The Bertz CT molecular complexity index is 335. The lowest BCUT2D eigenvalue weighted by Crippen LogP contribution is -2.46. The largest absolute Gasteiger partial charge is 0.310 e. The van der Waals surface area contributed by atoms with E-state index in [0.29, 0.717) is 12.0 Å². The van der Waals surface area contributed by atoms with Gasteiger partial charge in [0.1, 0.15) is 9.84 Å². The molecule has 1 aliphatic rings. The highest BCUT2D eigenvalue weighted by atomic mass is 32.2. The van der Waals surface area contributed by atoms with Gasteiger partial charge in [-0.05, 0) is 52.2 Å². The lowest BCUT2D eigenvalue weighted by Gasteiger charge is -2.35. The summed E-state index contributed by atoms with van der Waals surface area (Å²) in [6, 6.07) is 0.444. The number of hydrogen-bond donors (Lipinski definition) is 1. The van der Waals surface area contributed by atoms with Crippen LogP contribution in [0.25, 0.3) is 0 Å². The molecule has 18 heavy (non-hydrogen) atoms. The molecule has 0 aromatic rings. The second-order valence-electron chi connectivity index (χ2n) is 5.72. The smallest absolute Gasteiger partial charge is 0.148 e. The summed E-state index contributed by atoms with van der Waals surface area (Å²) in [5, 5.41) is 3.44. The summed E-state index contributed by atoms with van der Waals surface area (Å²) in [5.41, 5.74) is 0. The minimum Gasteiger partial charge on any atom is -0.310 e. The highest BCUT2D eigenvalue weighted by Gasteiger charge is 2.24. The Morgan fingerprint density at radius 2 is 1.83 bits per heavy atom.